The first-order chi connectivity index (χ1) is 17.8. The molecule has 0 amide bonds. The van der Waals surface area contributed by atoms with Gasteiger partial charge < -0.3 is 9.26 Å². The first-order valence-electron chi connectivity index (χ1n) is 11.4. The maximum atomic E-state index is 13.9. The molecule has 0 aliphatic heterocycles. The summed E-state index contributed by atoms with van der Waals surface area (Å²) in [4.78, 5) is 0.0962. The monoisotopic (exact) mass is 537 g/mol. The van der Waals surface area contributed by atoms with E-state index in [2.05, 4.69) is 15.4 Å². The molecule has 0 saturated heterocycles. The summed E-state index contributed by atoms with van der Waals surface area (Å²) in [6.45, 7) is 1.95. The van der Waals surface area contributed by atoms with Gasteiger partial charge in [-0.05, 0) is 48.4 Å². The summed E-state index contributed by atoms with van der Waals surface area (Å²) in [5, 5.41) is 13.5. The Bertz CT molecular complexity index is 1720. The largest absolute Gasteiger partial charge is 0.496 e. The van der Waals surface area contributed by atoms with E-state index < -0.39 is 9.84 Å². The van der Waals surface area contributed by atoms with Crippen LogP contribution in [0.4, 0.5) is 4.39 Å². The van der Waals surface area contributed by atoms with Gasteiger partial charge in [0.15, 0.2) is 9.84 Å². The Morgan fingerprint density at radius 2 is 1.86 bits per heavy atom. The van der Waals surface area contributed by atoms with Gasteiger partial charge in [-0.2, -0.15) is 10.2 Å². The number of rotatable bonds is 7. The molecule has 5 rings (SSSR count). The number of aromatic nitrogens is 3. The van der Waals surface area contributed by atoms with Crippen molar-refractivity contribution in [3.63, 3.8) is 0 Å². The summed E-state index contributed by atoms with van der Waals surface area (Å²) in [5.74, 6) is -0.160. The molecule has 0 atom stereocenters. The lowest BCUT2D eigenvalue weighted by Crippen LogP contribution is -2.06. The van der Waals surface area contributed by atoms with Gasteiger partial charge in [0.05, 0.1) is 28.9 Å². The standard InChI is InChI=1S/C27H21ClFN3O4S/c1-3-24-27(22-13-23(28)21(14-26(22)35-2)16-5-4-6-17(29)11-16)20-8-7-19(12-25(20)31-30-24)37(33,34)15-18-9-10-36-32-18/h4-14H,3,15H2,1-2H3. The fraction of sp³-hybridized carbons (Fsp3) is 0.148. The Morgan fingerprint density at radius 3 is 2.57 bits per heavy atom. The molecule has 0 unspecified atom stereocenters. The average molecular weight is 538 g/mol. The highest BCUT2D eigenvalue weighted by molar-refractivity contribution is 7.90. The molecular formula is C27H21ClFN3O4S. The lowest BCUT2D eigenvalue weighted by Gasteiger charge is -2.17. The number of ether oxygens (including phenoxy) is 1. The Morgan fingerprint density at radius 1 is 1.03 bits per heavy atom. The highest BCUT2D eigenvalue weighted by Gasteiger charge is 2.22. The van der Waals surface area contributed by atoms with E-state index in [0.717, 1.165) is 5.56 Å². The zero-order valence-corrected chi connectivity index (χ0v) is 21.5. The molecule has 7 nitrogen and oxygen atoms in total. The van der Waals surface area contributed by atoms with Gasteiger partial charge in [-0.1, -0.05) is 41.9 Å². The molecule has 0 N–H and O–H groups in total. The molecule has 0 radical (unpaired) electrons. The van der Waals surface area contributed by atoms with Crippen molar-refractivity contribution in [3.8, 4) is 28.0 Å². The van der Waals surface area contributed by atoms with Gasteiger partial charge in [0, 0.05) is 33.2 Å². The lowest BCUT2D eigenvalue weighted by molar-refractivity contribution is 0.413. The van der Waals surface area contributed by atoms with Crippen molar-refractivity contribution >= 4 is 32.3 Å². The van der Waals surface area contributed by atoms with Crippen LogP contribution in [0.1, 0.15) is 18.3 Å². The normalized spacial score (nSPS) is 11.7. The summed E-state index contributed by atoms with van der Waals surface area (Å²) in [6.07, 6.45) is 1.89. The zero-order chi connectivity index (χ0) is 26.2. The molecular weight excluding hydrogens is 517 g/mol. The minimum Gasteiger partial charge on any atom is -0.496 e. The van der Waals surface area contributed by atoms with Crippen molar-refractivity contribution in [1.29, 1.82) is 0 Å². The fourth-order valence-corrected chi connectivity index (χ4v) is 5.80. The molecule has 0 bridgehead atoms. The van der Waals surface area contributed by atoms with Gasteiger partial charge in [0.2, 0.25) is 0 Å². The van der Waals surface area contributed by atoms with Crippen LogP contribution in [0.5, 0.6) is 5.75 Å². The predicted octanol–water partition coefficient (Wildman–Crippen LogP) is 6.29. The Kier molecular flexibility index (Phi) is 6.66. The highest BCUT2D eigenvalue weighted by atomic mass is 35.5. The van der Waals surface area contributed by atoms with Gasteiger partial charge in [0.25, 0.3) is 0 Å². The van der Waals surface area contributed by atoms with E-state index in [1.807, 2.05) is 6.92 Å². The minimum absolute atomic E-state index is 0.0962. The summed E-state index contributed by atoms with van der Waals surface area (Å²) < 4.78 is 50.3. The number of hydrogen-bond donors (Lipinski definition) is 0. The van der Waals surface area contributed by atoms with Crippen LogP contribution in [0.15, 0.2) is 76.3 Å². The number of nitrogens with zero attached hydrogens (tertiary/aromatic N) is 3. The fourth-order valence-electron chi connectivity index (χ4n) is 4.25. The summed E-state index contributed by atoms with van der Waals surface area (Å²) in [6, 6.07) is 15.9. The average Bonchev–Trinajstić information content (AvgIpc) is 3.39. The van der Waals surface area contributed by atoms with Crippen LogP contribution in [0, 0.1) is 5.82 Å². The molecule has 0 spiro atoms. The maximum absolute atomic E-state index is 13.9. The molecule has 37 heavy (non-hydrogen) atoms. The van der Waals surface area contributed by atoms with Crippen LogP contribution >= 0.6 is 11.6 Å². The van der Waals surface area contributed by atoms with E-state index >= 15 is 0 Å². The van der Waals surface area contributed by atoms with Crippen molar-refractivity contribution in [3.05, 3.63) is 89.2 Å². The van der Waals surface area contributed by atoms with Crippen molar-refractivity contribution in [2.24, 2.45) is 0 Å². The minimum atomic E-state index is -3.69. The summed E-state index contributed by atoms with van der Waals surface area (Å²) in [5.41, 5.74) is 4.04. The third-order valence-electron chi connectivity index (χ3n) is 6.02. The number of hydrogen-bond acceptors (Lipinski definition) is 7. The van der Waals surface area contributed by atoms with Crippen LogP contribution in [0.2, 0.25) is 5.02 Å². The number of benzene rings is 3. The van der Waals surface area contributed by atoms with Crippen LogP contribution < -0.4 is 4.74 Å². The number of aryl methyl sites for hydroxylation is 1. The SMILES string of the molecule is CCc1nnc2cc(S(=O)(=O)Cc3ccon3)ccc2c1-c1cc(Cl)c(-c2cccc(F)c2)cc1OC. The first-order valence-corrected chi connectivity index (χ1v) is 13.4. The third-order valence-corrected chi connectivity index (χ3v) is 7.98. The molecule has 10 heteroatoms. The predicted molar refractivity (Wildman–Crippen MR) is 139 cm³/mol. The third kappa shape index (κ3) is 4.80. The first kappa shape index (κ1) is 24.9. The molecule has 2 aromatic heterocycles. The summed E-state index contributed by atoms with van der Waals surface area (Å²) >= 11 is 6.69. The molecule has 5 aromatic rings. The molecule has 0 fully saturated rings. The molecule has 0 aliphatic rings. The maximum Gasteiger partial charge on any atom is 0.184 e. The molecule has 2 heterocycles. The van der Waals surface area contributed by atoms with Gasteiger partial charge in [-0.15, -0.1) is 0 Å². The Balaban J connectivity index is 1.67. The van der Waals surface area contributed by atoms with E-state index in [9.17, 15) is 12.8 Å². The van der Waals surface area contributed by atoms with Crippen LogP contribution in [0.3, 0.4) is 0 Å². The second kappa shape index (κ2) is 9.91. The van der Waals surface area contributed by atoms with E-state index in [1.165, 1.54) is 36.6 Å². The second-order valence-corrected chi connectivity index (χ2v) is 10.7. The molecule has 3 aromatic carbocycles. The van der Waals surface area contributed by atoms with E-state index in [0.29, 0.717) is 56.2 Å². The highest BCUT2D eigenvalue weighted by Crippen LogP contribution is 2.42. The van der Waals surface area contributed by atoms with Crippen LogP contribution in [-0.4, -0.2) is 30.9 Å². The lowest BCUT2D eigenvalue weighted by atomic mass is 9.94. The van der Waals surface area contributed by atoms with Gasteiger partial charge >= 0.3 is 0 Å². The molecule has 0 aliphatic carbocycles. The van der Waals surface area contributed by atoms with Crippen molar-refractivity contribution < 1.29 is 22.1 Å². The number of sulfone groups is 1. The molecule has 0 saturated carbocycles. The van der Waals surface area contributed by atoms with Crippen LogP contribution in [0.25, 0.3) is 33.2 Å². The van der Waals surface area contributed by atoms with Crippen molar-refractivity contribution in [2.75, 3.05) is 7.11 Å². The van der Waals surface area contributed by atoms with E-state index in [-0.39, 0.29) is 16.5 Å². The zero-order valence-electron chi connectivity index (χ0n) is 19.9. The summed E-state index contributed by atoms with van der Waals surface area (Å²) in [7, 11) is -2.15. The van der Waals surface area contributed by atoms with E-state index in [1.54, 1.807) is 37.4 Å². The number of fused-ring (bicyclic) bond motifs is 1. The van der Waals surface area contributed by atoms with Crippen molar-refractivity contribution in [1.82, 2.24) is 15.4 Å². The second-order valence-electron chi connectivity index (χ2n) is 8.35. The van der Waals surface area contributed by atoms with E-state index in [4.69, 9.17) is 20.9 Å². The van der Waals surface area contributed by atoms with Crippen LogP contribution in [-0.2, 0) is 22.0 Å². The quantitative estimate of drug-likeness (QED) is 0.241. The topological polar surface area (TPSA) is 95.2 Å². The smallest absolute Gasteiger partial charge is 0.184 e. The number of methoxy groups -OCH3 is 1. The van der Waals surface area contributed by atoms with Gasteiger partial charge in [-0.3, -0.25) is 0 Å². The number of halogens is 2. The Labute approximate surface area is 217 Å². The van der Waals surface area contributed by atoms with Crippen molar-refractivity contribution in [2.45, 2.75) is 24.0 Å². The Hall–Kier alpha value is -3.82. The molecule has 188 valence electrons. The van der Waals surface area contributed by atoms with Gasteiger partial charge in [-0.25, -0.2) is 12.8 Å². The van der Waals surface area contributed by atoms with Gasteiger partial charge in [0.1, 0.15) is 23.6 Å².